The van der Waals surface area contributed by atoms with Crippen LogP contribution in [0.1, 0.15) is 44.4 Å². The molecule has 4 aromatic rings. The summed E-state index contributed by atoms with van der Waals surface area (Å²) in [6.07, 6.45) is 9.90. The molecule has 0 saturated carbocycles. The van der Waals surface area contributed by atoms with Crippen molar-refractivity contribution >= 4 is 28.8 Å². The quantitative estimate of drug-likeness (QED) is 0.0772. The van der Waals surface area contributed by atoms with Gasteiger partial charge in [0.05, 0.1) is 31.9 Å². The van der Waals surface area contributed by atoms with E-state index in [1.807, 2.05) is 47.0 Å². The maximum Gasteiger partial charge on any atom is 0.248 e. The minimum absolute atomic E-state index is 0.282. The first-order chi connectivity index (χ1) is 21.5. The van der Waals surface area contributed by atoms with Crippen molar-refractivity contribution in [3.8, 4) is 22.6 Å². The van der Waals surface area contributed by atoms with Crippen LogP contribution in [-0.2, 0) is 33.0 Å². The molecule has 3 aromatic carbocycles. The Labute approximate surface area is 263 Å². The average molecular weight is 616 g/mol. The molecule has 0 spiro atoms. The van der Waals surface area contributed by atoms with E-state index < -0.39 is 11.2 Å². The monoisotopic (exact) mass is 615 g/mol. The molecule has 0 aliphatic rings. The molecular weight excluding hydrogens is 574 g/mol. The molecule has 1 aromatic heterocycles. The summed E-state index contributed by atoms with van der Waals surface area (Å²) in [5, 5.41) is 2.87. The number of carbonyl (C=O) groups excluding carboxylic acids is 1. The van der Waals surface area contributed by atoms with Gasteiger partial charge in [-0.2, -0.15) is 0 Å². The van der Waals surface area contributed by atoms with Gasteiger partial charge in [0.2, 0.25) is 5.91 Å². The van der Waals surface area contributed by atoms with E-state index in [9.17, 15) is 9.35 Å². The van der Waals surface area contributed by atoms with Crippen molar-refractivity contribution in [2.24, 2.45) is 0 Å². The second-order valence-electron chi connectivity index (χ2n) is 10.2. The van der Waals surface area contributed by atoms with E-state index in [0.29, 0.717) is 35.3 Å². The number of anilines is 1. The van der Waals surface area contributed by atoms with Gasteiger partial charge in [-0.1, -0.05) is 38.5 Å². The summed E-state index contributed by atoms with van der Waals surface area (Å²) in [5.41, 5.74) is 4.34. The van der Waals surface area contributed by atoms with Crippen molar-refractivity contribution in [1.82, 2.24) is 9.55 Å². The highest BCUT2D eigenvalue weighted by Gasteiger charge is 2.15. The Kier molecular flexibility index (Phi) is 12.9. The highest BCUT2D eigenvalue weighted by Crippen LogP contribution is 2.29. The van der Waals surface area contributed by atoms with E-state index in [0.717, 1.165) is 60.5 Å². The highest BCUT2D eigenvalue weighted by molar-refractivity contribution is 7.90. The average Bonchev–Trinajstić information content (AvgIpc) is 3.48. The van der Waals surface area contributed by atoms with E-state index in [1.54, 1.807) is 50.0 Å². The fraction of sp³-hybridized carbons (Fsp3) is 0.314. The fourth-order valence-corrected chi connectivity index (χ4v) is 5.64. The molecule has 8 nitrogen and oxygen atoms in total. The van der Waals surface area contributed by atoms with Gasteiger partial charge in [0.1, 0.15) is 18.1 Å². The Morgan fingerprint density at radius 1 is 0.977 bits per heavy atom. The van der Waals surface area contributed by atoms with Crippen LogP contribution in [0.4, 0.5) is 5.69 Å². The first-order valence-corrected chi connectivity index (χ1v) is 16.3. The molecule has 0 aliphatic carbocycles. The third-order valence-corrected chi connectivity index (χ3v) is 8.25. The van der Waals surface area contributed by atoms with Crippen molar-refractivity contribution < 1.29 is 23.6 Å². The Bertz CT molecular complexity index is 1490. The molecule has 4 rings (SSSR count). The van der Waals surface area contributed by atoms with E-state index in [-0.39, 0.29) is 5.91 Å². The number of imidazole rings is 1. The predicted molar refractivity (Wildman–Crippen MR) is 176 cm³/mol. The zero-order valence-electron chi connectivity index (χ0n) is 25.7. The number of ether oxygens (including phenoxy) is 3. The second kappa shape index (κ2) is 17.3. The van der Waals surface area contributed by atoms with Crippen LogP contribution in [0, 0.1) is 0 Å². The van der Waals surface area contributed by atoms with Crippen molar-refractivity contribution in [3.63, 3.8) is 0 Å². The highest BCUT2D eigenvalue weighted by atomic mass is 32.2. The molecule has 1 amide bonds. The van der Waals surface area contributed by atoms with Crippen LogP contribution in [0.2, 0.25) is 0 Å². The number of aryl methyl sites for hydroxylation is 1. The number of methoxy groups -OCH3 is 1. The molecule has 1 atom stereocenters. The van der Waals surface area contributed by atoms with Gasteiger partial charge in [0.15, 0.2) is 10.6 Å². The third kappa shape index (κ3) is 9.74. The Balaban J connectivity index is 1.33. The number of carbonyl (C=O) groups is 1. The topological polar surface area (TPSA) is 97.7 Å². The van der Waals surface area contributed by atoms with Gasteiger partial charge in [-0.05, 0) is 89.8 Å². The maximum absolute atomic E-state index is 12.9. The molecule has 0 bridgehead atoms. The lowest BCUT2D eigenvalue weighted by Crippen LogP contribution is -2.11. The molecule has 9 heteroatoms. The predicted octanol–water partition coefficient (Wildman–Crippen LogP) is 7.12. The third-order valence-electron chi connectivity index (χ3n) is 6.90. The number of rotatable bonds is 17. The molecule has 44 heavy (non-hydrogen) atoms. The Hall–Kier alpha value is -4.05. The number of unbranched alkanes of at least 4 members (excludes halogenated alkanes) is 1. The first-order valence-electron chi connectivity index (χ1n) is 15.0. The Morgan fingerprint density at radius 3 is 2.48 bits per heavy atom. The SMILES string of the molecule is CCCCOCCOc1ccc(-c2ccc(OC)c(/C=C/C(=O)Nc3ccc([S@@+]([O-])Cc4cncn4CCC)cc3)c2)cc1. The number of amides is 1. The standard InChI is InChI=1S/C35H41N3O5S/c1-4-6-20-42-21-22-43-32-13-7-27(8-14-32)28-9-17-34(41-3)29(23-28)10-18-35(39)37-30-11-15-33(16-12-30)44(40)25-31-24-36-26-38(31)19-5-2/h7-18,23-24,26H,4-6,19-22,25H2,1-3H3,(H,37,39)/b18-10+/t44-/m0/s1. The molecule has 0 radical (unpaired) electrons. The summed E-state index contributed by atoms with van der Waals surface area (Å²) in [4.78, 5) is 17.6. The van der Waals surface area contributed by atoms with Crippen LogP contribution in [-0.4, -0.2) is 46.9 Å². The van der Waals surface area contributed by atoms with Crippen LogP contribution in [0.3, 0.4) is 0 Å². The summed E-state index contributed by atoms with van der Waals surface area (Å²) < 4.78 is 31.8. The second-order valence-corrected chi connectivity index (χ2v) is 11.7. The number of nitrogens with zero attached hydrogens (tertiary/aromatic N) is 2. The zero-order valence-corrected chi connectivity index (χ0v) is 26.5. The summed E-state index contributed by atoms with van der Waals surface area (Å²) >= 11 is -1.22. The lowest BCUT2D eigenvalue weighted by molar-refractivity contribution is -0.111. The van der Waals surface area contributed by atoms with Gasteiger partial charge in [0.25, 0.3) is 0 Å². The number of nitrogens with one attached hydrogen (secondary N) is 1. The van der Waals surface area contributed by atoms with Crippen molar-refractivity contribution in [3.05, 3.63) is 96.6 Å². The van der Waals surface area contributed by atoms with E-state index in [4.69, 9.17) is 14.2 Å². The minimum atomic E-state index is -1.22. The lowest BCUT2D eigenvalue weighted by atomic mass is 10.0. The van der Waals surface area contributed by atoms with Gasteiger partial charge >= 0.3 is 0 Å². The van der Waals surface area contributed by atoms with Crippen molar-refractivity contribution in [2.45, 2.75) is 50.3 Å². The lowest BCUT2D eigenvalue weighted by Gasteiger charge is -2.12. The van der Waals surface area contributed by atoms with Crippen LogP contribution < -0.4 is 14.8 Å². The van der Waals surface area contributed by atoms with Gasteiger partial charge < -0.3 is 28.6 Å². The fourth-order valence-electron chi connectivity index (χ4n) is 4.52. The molecule has 1 N–H and O–H groups in total. The summed E-state index contributed by atoms with van der Waals surface area (Å²) in [6.45, 7) is 6.93. The van der Waals surface area contributed by atoms with Crippen LogP contribution in [0.5, 0.6) is 11.5 Å². The van der Waals surface area contributed by atoms with Crippen molar-refractivity contribution in [2.75, 3.05) is 32.2 Å². The number of aromatic nitrogens is 2. The smallest absolute Gasteiger partial charge is 0.248 e. The van der Waals surface area contributed by atoms with E-state index in [2.05, 4.69) is 24.1 Å². The van der Waals surface area contributed by atoms with Crippen LogP contribution in [0.25, 0.3) is 17.2 Å². The van der Waals surface area contributed by atoms with E-state index in [1.165, 1.54) is 6.08 Å². The van der Waals surface area contributed by atoms with Gasteiger partial charge in [-0.3, -0.25) is 4.79 Å². The van der Waals surface area contributed by atoms with Crippen molar-refractivity contribution in [1.29, 1.82) is 0 Å². The molecule has 0 fully saturated rings. The summed E-state index contributed by atoms with van der Waals surface area (Å²) in [7, 11) is 1.60. The number of hydrogen-bond donors (Lipinski definition) is 1. The van der Waals surface area contributed by atoms with Crippen LogP contribution in [0.15, 0.2) is 90.2 Å². The Morgan fingerprint density at radius 2 is 1.75 bits per heavy atom. The normalized spacial score (nSPS) is 11.9. The zero-order chi connectivity index (χ0) is 31.1. The molecule has 0 unspecified atom stereocenters. The molecule has 0 aliphatic heterocycles. The van der Waals surface area contributed by atoms with Gasteiger partial charge in [0, 0.05) is 30.5 Å². The maximum atomic E-state index is 12.9. The number of hydrogen-bond acceptors (Lipinski definition) is 6. The molecular formula is C35H41N3O5S. The molecule has 232 valence electrons. The number of benzene rings is 3. The van der Waals surface area contributed by atoms with Crippen LogP contribution >= 0.6 is 0 Å². The molecule has 0 saturated heterocycles. The summed E-state index contributed by atoms with van der Waals surface area (Å²) in [6, 6.07) is 20.8. The van der Waals surface area contributed by atoms with Gasteiger partial charge in [-0.15, -0.1) is 0 Å². The largest absolute Gasteiger partial charge is 0.611 e. The first kappa shape index (κ1) is 32.9. The van der Waals surface area contributed by atoms with E-state index >= 15 is 0 Å². The summed E-state index contributed by atoms with van der Waals surface area (Å²) in [5.74, 6) is 1.56. The minimum Gasteiger partial charge on any atom is -0.611 e. The molecule has 1 heterocycles. The van der Waals surface area contributed by atoms with Gasteiger partial charge in [-0.25, -0.2) is 4.98 Å².